The molecule has 5 nitrogen and oxygen atoms in total. The SMILES string of the molecule is Cc1oc(-c2ccccc2)nc1CCOc1ccccc1N/C(=C/C(=O)c1ccccc1)C(F)(F)F. The Kier molecular flexibility index (Phi) is 7.53. The van der Waals surface area contributed by atoms with Gasteiger partial charge < -0.3 is 14.5 Å². The van der Waals surface area contributed by atoms with Crippen LogP contribution in [0.25, 0.3) is 11.5 Å². The fraction of sp³-hybridized carbons (Fsp3) is 0.143. The smallest absolute Gasteiger partial charge is 0.431 e. The number of nitrogens with zero attached hydrogens (tertiary/aromatic N) is 1. The third-order valence-corrected chi connectivity index (χ3v) is 5.31. The number of aromatic nitrogens is 1. The molecule has 0 saturated heterocycles. The van der Waals surface area contributed by atoms with Crippen molar-refractivity contribution in [1.82, 2.24) is 4.98 Å². The van der Waals surface area contributed by atoms with E-state index in [1.807, 2.05) is 30.3 Å². The molecule has 0 aliphatic carbocycles. The average Bonchev–Trinajstić information content (AvgIpc) is 3.25. The fourth-order valence-corrected chi connectivity index (χ4v) is 3.47. The zero-order chi connectivity index (χ0) is 25.5. The number of para-hydroxylation sites is 2. The Balaban J connectivity index is 1.47. The van der Waals surface area contributed by atoms with Gasteiger partial charge in [0.05, 0.1) is 18.0 Å². The van der Waals surface area contributed by atoms with Crippen LogP contribution in [0.2, 0.25) is 0 Å². The van der Waals surface area contributed by atoms with Crippen LogP contribution in [-0.4, -0.2) is 23.6 Å². The van der Waals surface area contributed by atoms with Gasteiger partial charge in [-0.25, -0.2) is 4.98 Å². The fourth-order valence-electron chi connectivity index (χ4n) is 3.47. The van der Waals surface area contributed by atoms with Gasteiger partial charge >= 0.3 is 6.18 Å². The molecule has 4 aromatic rings. The Bertz CT molecular complexity index is 1350. The van der Waals surface area contributed by atoms with Crippen molar-refractivity contribution < 1.29 is 27.1 Å². The predicted octanol–water partition coefficient (Wildman–Crippen LogP) is 7.01. The number of carbonyl (C=O) groups is 1. The summed E-state index contributed by atoms with van der Waals surface area (Å²) in [5.74, 6) is 0.590. The topological polar surface area (TPSA) is 64.4 Å². The van der Waals surface area contributed by atoms with Gasteiger partial charge in [-0.1, -0.05) is 60.7 Å². The van der Waals surface area contributed by atoms with E-state index in [0.29, 0.717) is 29.8 Å². The van der Waals surface area contributed by atoms with Gasteiger partial charge in [0.1, 0.15) is 17.2 Å². The Morgan fingerprint density at radius 3 is 2.31 bits per heavy atom. The van der Waals surface area contributed by atoms with E-state index < -0.39 is 17.7 Å². The Morgan fingerprint density at radius 2 is 1.61 bits per heavy atom. The minimum absolute atomic E-state index is 0.0868. The largest absolute Gasteiger partial charge is 0.491 e. The summed E-state index contributed by atoms with van der Waals surface area (Å²) >= 11 is 0. The van der Waals surface area contributed by atoms with Gasteiger partial charge in [-0.15, -0.1) is 0 Å². The Labute approximate surface area is 206 Å². The lowest BCUT2D eigenvalue weighted by molar-refractivity contribution is -0.0903. The van der Waals surface area contributed by atoms with Crippen LogP contribution in [-0.2, 0) is 6.42 Å². The molecular formula is C28H23F3N2O3. The number of oxazole rings is 1. The zero-order valence-corrected chi connectivity index (χ0v) is 19.4. The highest BCUT2D eigenvalue weighted by Crippen LogP contribution is 2.32. The number of ketones is 1. The number of rotatable bonds is 9. The average molecular weight is 492 g/mol. The van der Waals surface area contributed by atoms with Crippen molar-refractivity contribution in [3.8, 4) is 17.2 Å². The first kappa shape index (κ1) is 24.8. The molecule has 0 unspecified atom stereocenters. The molecule has 1 aromatic heterocycles. The maximum Gasteiger partial charge on any atom is 0.431 e. The number of hydrogen-bond acceptors (Lipinski definition) is 5. The van der Waals surface area contributed by atoms with E-state index in [2.05, 4.69) is 10.3 Å². The second kappa shape index (κ2) is 10.9. The van der Waals surface area contributed by atoms with E-state index in [0.717, 1.165) is 5.56 Å². The number of anilines is 1. The van der Waals surface area contributed by atoms with Crippen LogP contribution >= 0.6 is 0 Å². The van der Waals surface area contributed by atoms with Crippen LogP contribution in [0.5, 0.6) is 5.75 Å². The number of hydrogen-bond donors (Lipinski definition) is 1. The van der Waals surface area contributed by atoms with Crippen molar-refractivity contribution in [3.63, 3.8) is 0 Å². The second-order valence-corrected chi connectivity index (χ2v) is 7.89. The van der Waals surface area contributed by atoms with Crippen molar-refractivity contribution in [2.45, 2.75) is 19.5 Å². The van der Waals surface area contributed by atoms with Gasteiger partial charge in [-0.3, -0.25) is 4.79 Å². The molecule has 36 heavy (non-hydrogen) atoms. The lowest BCUT2D eigenvalue weighted by atomic mass is 10.1. The number of benzene rings is 3. The minimum Gasteiger partial charge on any atom is -0.491 e. The number of ether oxygens (including phenoxy) is 1. The molecule has 0 spiro atoms. The number of allylic oxidation sites excluding steroid dienone is 2. The summed E-state index contributed by atoms with van der Waals surface area (Å²) in [6.07, 6.45) is -3.83. The summed E-state index contributed by atoms with van der Waals surface area (Å²) in [4.78, 5) is 16.9. The van der Waals surface area contributed by atoms with Crippen LogP contribution in [0.3, 0.4) is 0 Å². The van der Waals surface area contributed by atoms with Crippen molar-refractivity contribution in [2.24, 2.45) is 0 Å². The van der Waals surface area contributed by atoms with E-state index in [9.17, 15) is 18.0 Å². The van der Waals surface area contributed by atoms with E-state index >= 15 is 0 Å². The summed E-state index contributed by atoms with van der Waals surface area (Å²) < 4.78 is 52.7. The Hall–Kier alpha value is -4.33. The molecule has 0 aliphatic heterocycles. The highest BCUT2D eigenvalue weighted by Gasteiger charge is 2.35. The molecule has 0 amide bonds. The first-order valence-corrected chi connectivity index (χ1v) is 11.2. The van der Waals surface area contributed by atoms with Crippen LogP contribution < -0.4 is 10.1 Å². The molecule has 184 valence electrons. The van der Waals surface area contributed by atoms with Gasteiger partial charge in [-0.05, 0) is 31.2 Å². The van der Waals surface area contributed by atoms with Crippen molar-refractivity contribution in [2.75, 3.05) is 11.9 Å². The third-order valence-electron chi connectivity index (χ3n) is 5.31. The molecule has 0 aliphatic rings. The quantitative estimate of drug-likeness (QED) is 0.201. The van der Waals surface area contributed by atoms with E-state index in [4.69, 9.17) is 9.15 Å². The van der Waals surface area contributed by atoms with E-state index in [1.165, 1.54) is 18.2 Å². The molecule has 4 rings (SSSR count). The van der Waals surface area contributed by atoms with Crippen molar-refractivity contribution in [1.29, 1.82) is 0 Å². The number of aryl methyl sites for hydroxylation is 1. The normalized spacial score (nSPS) is 11.8. The molecule has 1 heterocycles. The molecule has 0 radical (unpaired) electrons. The highest BCUT2D eigenvalue weighted by atomic mass is 19.4. The van der Waals surface area contributed by atoms with Crippen LogP contribution in [0.1, 0.15) is 21.8 Å². The lowest BCUT2D eigenvalue weighted by Crippen LogP contribution is -2.21. The number of alkyl halides is 3. The van der Waals surface area contributed by atoms with Crippen molar-refractivity contribution in [3.05, 3.63) is 114 Å². The third kappa shape index (κ3) is 6.21. The summed E-state index contributed by atoms with van der Waals surface area (Å²) in [7, 11) is 0. The zero-order valence-electron chi connectivity index (χ0n) is 19.4. The first-order valence-electron chi connectivity index (χ1n) is 11.2. The second-order valence-electron chi connectivity index (χ2n) is 7.89. The monoisotopic (exact) mass is 492 g/mol. The molecule has 3 aromatic carbocycles. The number of nitrogens with one attached hydrogen (secondary N) is 1. The summed E-state index contributed by atoms with van der Waals surface area (Å²) in [6, 6.07) is 23.5. The van der Waals surface area contributed by atoms with Gasteiger partial charge in [0, 0.05) is 23.6 Å². The van der Waals surface area contributed by atoms with Gasteiger partial charge in [0.15, 0.2) is 5.78 Å². The lowest BCUT2D eigenvalue weighted by Gasteiger charge is -2.17. The summed E-state index contributed by atoms with van der Waals surface area (Å²) in [5, 5.41) is 2.33. The summed E-state index contributed by atoms with van der Waals surface area (Å²) in [6.45, 7) is 1.96. The maximum atomic E-state index is 13.7. The first-order chi connectivity index (χ1) is 17.3. The van der Waals surface area contributed by atoms with Crippen LogP contribution in [0.4, 0.5) is 18.9 Å². The predicted molar refractivity (Wildman–Crippen MR) is 131 cm³/mol. The maximum absolute atomic E-state index is 13.7. The van der Waals surface area contributed by atoms with Gasteiger partial charge in [0.25, 0.3) is 0 Å². The van der Waals surface area contributed by atoms with Gasteiger partial charge in [0.2, 0.25) is 5.89 Å². The molecule has 0 bridgehead atoms. The molecule has 8 heteroatoms. The molecule has 0 atom stereocenters. The van der Waals surface area contributed by atoms with E-state index in [-0.39, 0.29) is 23.6 Å². The Morgan fingerprint density at radius 1 is 0.972 bits per heavy atom. The molecule has 0 fully saturated rings. The molecule has 1 N–H and O–H groups in total. The summed E-state index contributed by atoms with van der Waals surface area (Å²) in [5.41, 5.74) is 0.599. The molecular weight excluding hydrogens is 469 g/mol. The number of carbonyl (C=O) groups excluding carboxylic acids is 1. The number of halogens is 3. The standard InChI is InChI=1S/C28H23F3N2O3/c1-19-22(33-27(36-19)21-12-6-3-7-13-21)16-17-35-25-15-9-8-14-23(25)32-26(28(29,30)31)18-24(34)20-10-4-2-5-11-20/h2-15,18,32H,16-17H2,1H3/b26-18+. The molecule has 0 saturated carbocycles. The minimum atomic E-state index is -4.77. The van der Waals surface area contributed by atoms with Crippen LogP contribution in [0, 0.1) is 6.92 Å². The van der Waals surface area contributed by atoms with E-state index in [1.54, 1.807) is 43.3 Å². The highest BCUT2D eigenvalue weighted by molar-refractivity contribution is 6.05. The van der Waals surface area contributed by atoms with Gasteiger partial charge in [-0.2, -0.15) is 13.2 Å². The van der Waals surface area contributed by atoms with Crippen molar-refractivity contribution >= 4 is 11.5 Å². The van der Waals surface area contributed by atoms with Crippen LogP contribution in [0.15, 0.2) is 101 Å².